The van der Waals surface area contributed by atoms with Crippen LogP contribution in [0.3, 0.4) is 0 Å². The van der Waals surface area contributed by atoms with Crippen LogP contribution in [0, 0.1) is 5.41 Å². The molecule has 0 bridgehead atoms. The third-order valence-electron chi connectivity index (χ3n) is 3.04. The minimum Gasteiger partial charge on any atom is -0.330 e. The van der Waals surface area contributed by atoms with Gasteiger partial charge in [0.1, 0.15) is 0 Å². The molecule has 2 amide bonds. The molecule has 21 heavy (non-hydrogen) atoms. The summed E-state index contributed by atoms with van der Waals surface area (Å²) in [6.07, 6.45) is 0. The first-order chi connectivity index (χ1) is 9.75. The summed E-state index contributed by atoms with van der Waals surface area (Å²) < 4.78 is 0.660. The Balaban J connectivity index is 2.54. The molecule has 0 aliphatic heterocycles. The standard InChI is InChI=1S/C15H22BrN3O2/c1-15(2,9-17)10-19(3)8-13(20)18-14(21)11-6-4-5-7-12(11)16/h4-7H,8-10,17H2,1-3H3,(H,18,20,21). The maximum atomic E-state index is 12.0. The summed E-state index contributed by atoms with van der Waals surface area (Å²) in [5.74, 6) is -0.731. The number of likely N-dealkylation sites (N-methyl/N-ethyl adjacent to an activating group) is 1. The molecule has 0 spiro atoms. The minimum atomic E-state index is -0.404. The molecular formula is C15H22BrN3O2. The maximum Gasteiger partial charge on any atom is 0.259 e. The Morgan fingerprint density at radius 1 is 1.33 bits per heavy atom. The summed E-state index contributed by atoms with van der Waals surface area (Å²) in [6.45, 7) is 5.44. The average molecular weight is 356 g/mol. The van der Waals surface area contributed by atoms with Gasteiger partial charge in [0.15, 0.2) is 0 Å². The van der Waals surface area contributed by atoms with E-state index in [9.17, 15) is 9.59 Å². The molecule has 0 aliphatic carbocycles. The Morgan fingerprint density at radius 3 is 2.52 bits per heavy atom. The lowest BCUT2D eigenvalue weighted by molar-refractivity contribution is -0.121. The predicted octanol–water partition coefficient (Wildman–Crippen LogP) is 1.62. The van der Waals surface area contributed by atoms with Gasteiger partial charge in [0.25, 0.3) is 5.91 Å². The molecule has 0 aromatic heterocycles. The van der Waals surface area contributed by atoms with Crippen molar-refractivity contribution < 1.29 is 9.59 Å². The first-order valence-corrected chi connectivity index (χ1v) is 7.52. The van der Waals surface area contributed by atoms with Gasteiger partial charge < -0.3 is 5.73 Å². The van der Waals surface area contributed by atoms with Crippen molar-refractivity contribution in [3.05, 3.63) is 34.3 Å². The molecule has 0 fully saturated rings. The summed E-state index contributed by atoms with van der Waals surface area (Å²) in [6, 6.07) is 6.98. The van der Waals surface area contributed by atoms with Crippen LogP contribution in [0.5, 0.6) is 0 Å². The van der Waals surface area contributed by atoms with Gasteiger partial charge in [-0.3, -0.25) is 19.8 Å². The molecule has 0 saturated carbocycles. The molecule has 5 nitrogen and oxygen atoms in total. The molecule has 0 saturated heterocycles. The van der Waals surface area contributed by atoms with Crippen LogP contribution >= 0.6 is 15.9 Å². The van der Waals surface area contributed by atoms with Crippen molar-refractivity contribution in [2.45, 2.75) is 13.8 Å². The van der Waals surface area contributed by atoms with Crippen molar-refractivity contribution in [3.8, 4) is 0 Å². The molecule has 0 radical (unpaired) electrons. The molecule has 0 unspecified atom stereocenters. The predicted molar refractivity (Wildman–Crippen MR) is 86.9 cm³/mol. The van der Waals surface area contributed by atoms with E-state index in [2.05, 4.69) is 21.2 Å². The Kier molecular flexibility index (Phi) is 6.51. The van der Waals surface area contributed by atoms with Crippen molar-refractivity contribution in [1.29, 1.82) is 0 Å². The van der Waals surface area contributed by atoms with Crippen LogP contribution < -0.4 is 11.1 Å². The van der Waals surface area contributed by atoms with E-state index in [0.29, 0.717) is 23.1 Å². The smallest absolute Gasteiger partial charge is 0.259 e. The molecule has 1 aromatic rings. The fourth-order valence-corrected chi connectivity index (χ4v) is 2.44. The van der Waals surface area contributed by atoms with Crippen LogP contribution in [0.15, 0.2) is 28.7 Å². The molecule has 0 atom stereocenters. The Hall–Kier alpha value is -1.24. The lowest BCUT2D eigenvalue weighted by Crippen LogP contribution is -2.43. The van der Waals surface area contributed by atoms with Gasteiger partial charge in [-0.15, -0.1) is 0 Å². The molecule has 6 heteroatoms. The molecule has 1 aromatic carbocycles. The van der Waals surface area contributed by atoms with E-state index in [0.717, 1.165) is 0 Å². The third kappa shape index (κ3) is 5.95. The number of hydrogen-bond donors (Lipinski definition) is 2. The number of nitrogens with one attached hydrogen (secondary N) is 1. The van der Waals surface area contributed by atoms with E-state index in [1.54, 1.807) is 18.2 Å². The second-order valence-corrected chi connectivity index (χ2v) is 6.75. The Bertz CT molecular complexity index is 517. The second-order valence-electron chi connectivity index (χ2n) is 5.90. The van der Waals surface area contributed by atoms with Crippen LogP contribution in [0.4, 0.5) is 0 Å². The van der Waals surface area contributed by atoms with Gasteiger partial charge in [-0.05, 0) is 47.1 Å². The lowest BCUT2D eigenvalue weighted by Gasteiger charge is -2.28. The summed E-state index contributed by atoms with van der Waals surface area (Å²) >= 11 is 3.29. The maximum absolute atomic E-state index is 12.0. The summed E-state index contributed by atoms with van der Waals surface area (Å²) in [7, 11) is 1.83. The number of nitrogens with zero attached hydrogens (tertiary/aromatic N) is 1. The zero-order chi connectivity index (χ0) is 16.0. The lowest BCUT2D eigenvalue weighted by atomic mass is 9.93. The van der Waals surface area contributed by atoms with Crippen LogP contribution in [-0.2, 0) is 4.79 Å². The molecule has 0 heterocycles. The summed E-state index contributed by atoms with van der Waals surface area (Å²) in [5, 5.41) is 2.39. The molecular weight excluding hydrogens is 334 g/mol. The monoisotopic (exact) mass is 355 g/mol. The number of nitrogens with two attached hydrogens (primary N) is 1. The zero-order valence-electron chi connectivity index (χ0n) is 12.6. The van der Waals surface area contributed by atoms with E-state index in [-0.39, 0.29) is 17.9 Å². The number of amides is 2. The Morgan fingerprint density at radius 2 is 1.95 bits per heavy atom. The molecule has 1 rings (SSSR count). The number of rotatable bonds is 6. The highest BCUT2D eigenvalue weighted by Crippen LogP contribution is 2.16. The first kappa shape index (κ1) is 17.8. The van der Waals surface area contributed by atoms with E-state index < -0.39 is 5.91 Å². The highest BCUT2D eigenvalue weighted by atomic mass is 79.9. The zero-order valence-corrected chi connectivity index (χ0v) is 14.2. The van der Waals surface area contributed by atoms with Gasteiger partial charge in [-0.1, -0.05) is 26.0 Å². The topological polar surface area (TPSA) is 75.4 Å². The van der Waals surface area contributed by atoms with Gasteiger partial charge in [0.2, 0.25) is 5.91 Å². The van der Waals surface area contributed by atoms with Gasteiger partial charge >= 0.3 is 0 Å². The van der Waals surface area contributed by atoms with Crippen LogP contribution in [0.2, 0.25) is 0 Å². The summed E-state index contributed by atoms with van der Waals surface area (Å²) in [5.41, 5.74) is 6.04. The number of halogens is 1. The average Bonchev–Trinajstić information content (AvgIpc) is 2.38. The largest absolute Gasteiger partial charge is 0.330 e. The first-order valence-electron chi connectivity index (χ1n) is 6.72. The third-order valence-corrected chi connectivity index (χ3v) is 3.73. The normalized spacial score (nSPS) is 11.5. The highest BCUT2D eigenvalue weighted by Gasteiger charge is 2.20. The van der Waals surface area contributed by atoms with Crippen molar-refractivity contribution in [2.75, 3.05) is 26.7 Å². The quantitative estimate of drug-likeness (QED) is 0.812. The molecule has 3 N–H and O–H groups in total. The van der Waals surface area contributed by atoms with Crippen molar-refractivity contribution in [1.82, 2.24) is 10.2 Å². The summed E-state index contributed by atoms with van der Waals surface area (Å²) in [4.78, 5) is 25.8. The van der Waals surface area contributed by atoms with E-state index in [1.807, 2.05) is 31.9 Å². The Labute approximate surface area is 134 Å². The second kappa shape index (κ2) is 7.68. The number of imide groups is 1. The highest BCUT2D eigenvalue weighted by molar-refractivity contribution is 9.10. The van der Waals surface area contributed by atoms with E-state index >= 15 is 0 Å². The van der Waals surface area contributed by atoms with Gasteiger partial charge in [-0.2, -0.15) is 0 Å². The number of carbonyl (C=O) groups is 2. The fraction of sp³-hybridized carbons (Fsp3) is 0.467. The van der Waals surface area contributed by atoms with Crippen LogP contribution in [0.25, 0.3) is 0 Å². The van der Waals surface area contributed by atoms with Gasteiger partial charge in [-0.25, -0.2) is 0 Å². The van der Waals surface area contributed by atoms with Crippen molar-refractivity contribution in [3.63, 3.8) is 0 Å². The SMILES string of the molecule is CN(CC(=O)NC(=O)c1ccccc1Br)CC(C)(C)CN. The van der Waals surface area contributed by atoms with Crippen LogP contribution in [-0.4, -0.2) is 43.4 Å². The molecule has 116 valence electrons. The van der Waals surface area contributed by atoms with Crippen molar-refractivity contribution >= 4 is 27.7 Å². The van der Waals surface area contributed by atoms with Gasteiger partial charge in [0.05, 0.1) is 12.1 Å². The van der Waals surface area contributed by atoms with Gasteiger partial charge in [0, 0.05) is 11.0 Å². The van der Waals surface area contributed by atoms with Crippen molar-refractivity contribution in [2.24, 2.45) is 11.1 Å². The van der Waals surface area contributed by atoms with E-state index in [4.69, 9.17) is 5.73 Å². The number of benzene rings is 1. The minimum absolute atomic E-state index is 0.0680. The fourth-order valence-electron chi connectivity index (χ4n) is 1.98. The number of hydrogen-bond acceptors (Lipinski definition) is 4. The molecule has 0 aliphatic rings. The number of carbonyl (C=O) groups excluding carboxylic acids is 2. The van der Waals surface area contributed by atoms with E-state index in [1.165, 1.54) is 0 Å². The van der Waals surface area contributed by atoms with Crippen LogP contribution in [0.1, 0.15) is 24.2 Å².